The summed E-state index contributed by atoms with van der Waals surface area (Å²) in [4.78, 5) is 32.9. The molecule has 0 fully saturated rings. The van der Waals surface area contributed by atoms with Gasteiger partial charge in [-0.1, -0.05) is 69.3 Å². The van der Waals surface area contributed by atoms with Crippen LogP contribution in [0.5, 0.6) is 5.75 Å². The van der Waals surface area contributed by atoms with Crippen LogP contribution < -0.4 is 15.6 Å². The van der Waals surface area contributed by atoms with Gasteiger partial charge < -0.3 is 20.1 Å². The summed E-state index contributed by atoms with van der Waals surface area (Å²) >= 11 is 0. The predicted molar refractivity (Wildman–Crippen MR) is 166 cm³/mol. The number of sulfonamides is 1. The van der Waals surface area contributed by atoms with Crippen molar-refractivity contribution in [2.24, 2.45) is 15.9 Å². The number of primary sulfonamides is 1. The van der Waals surface area contributed by atoms with Crippen molar-refractivity contribution in [1.82, 2.24) is 9.80 Å². The van der Waals surface area contributed by atoms with Gasteiger partial charge in [-0.25, -0.2) is 23.1 Å². The average Bonchev–Trinajstić information content (AvgIpc) is 2.97. The lowest BCUT2D eigenvalue weighted by Gasteiger charge is -2.24. The van der Waals surface area contributed by atoms with Gasteiger partial charge in [-0.3, -0.25) is 4.90 Å². The van der Waals surface area contributed by atoms with Crippen molar-refractivity contribution >= 4 is 28.0 Å². The van der Waals surface area contributed by atoms with Crippen LogP contribution in [0.15, 0.2) is 82.7 Å². The summed E-state index contributed by atoms with van der Waals surface area (Å²) in [6, 6.07) is 20.0. The van der Waals surface area contributed by atoms with Gasteiger partial charge >= 0.3 is 12.2 Å². The topological polar surface area (TPSA) is 158 Å². The molecule has 4 N–H and O–H groups in total. The molecule has 0 aliphatic carbocycles. The summed E-state index contributed by atoms with van der Waals surface area (Å²) in [5.41, 5.74) is 8.45. The van der Waals surface area contributed by atoms with Crippen molar-refractivity contribution < 1.29 is 27.5 Å². The molecule has 0 aliphatic heterocycles. The summed E-state index contributed by atoms with van der Waals surface area (Å²) in [7, 11) is -3.91. The minimum Gasteiger partial charge on any atom is -0.429 e. The fourth-order valence-electron chi connectivity index (χ4n) is 4.52. The molecular formula is C31H39N5O6S. The lowest BCUT2D eigenvalue weighted by atomic mass is 10.1. The molecule has 230 valence electrons. The first-order valence-corrected chi connectivity index (χ1v) is 15.6. The van der Waals surface area contributed by atoms with Gasteiger partial charge in [0.1, 0.15) is 11.6 Å². The summed E-state index contributed by atoms with van der Waals surface area (Å²) in [6.45, 7) is 9.80. The molecule has 1 atom stereocenters. The van der Waals surface area contributed by atoms with Crippen LogP contribution in [0, 0.1) is 0 Å². The van der Waals surface area contributed by atoms with Crippen molar-refractivity contribution in [3.05, 3.63) is 83.9 Å². The Morgan fingerprint density at radius 1 is 0.953 bits per heavy atom. The van der Waals surface area contributed by atoms with Crippen molar-refractivity contribution in [2.45, 2.75) is 51.8 Å². The van der Waals surface area contributed by atoms with Gasteiger partial charge in [-0.15, -0.1) is 0 Å². The van der Waals surface area contributed by atoms with Gasteiger partial charge in [0, 0.05) is 24.2 Å². The Morgan fingerprint density at radius 2 is 1.63 bits per heavy atom. The van der Waals surface area contributed by atoms with E-state index in [9.17, 15) is 18.0 Å². The van der Waals surface area contributed by atoms with Crippen molar-refractivity contribution in [3.63, 3.8) is 0 Å². The highest BCUT2D eigenvalue weighted by Gasteiger charge is 2.19. The van der Waals surface area contributed by atoms with Gasteiger partial charge in [0.15, 0.2) is 6.23 Å². The zero-order chi connectivity index (χ0) is 31.6. The van der Waals surface area contributed by atoms with E-state index in [2.05, 4.69) is 4.99 Å². The molecule has 2 amide bonds. The molecule has 0 saturated carbocycles. The molecule has 0 spiro atoms. The van der Waals surface area contributed by atoms with Crippen LogP contribution in [0.1, 0.15) is 45.2 Å². The first kappa shape index (κ1) is 33.2. The third-order valence-electron chi connectivity index (χ3n) is 6.72. The van der Waals surface area contributed by atoms with Crippen molar-refractivity contribution in [3.8, 4) is 16.9 Å². The van der Waals surface area contributed by atoms with E-state index in [0.717, 1.165) is 18.7 Å². The van der Waals surface area contributed by atoms with Crippen LogP contribution in [0.4, 0.5) is 9.59 Å². The first-order valence-electron chi connectivity index (χ1n) is 14.0. The molecule has 0 aliphatic rings. The van der Waals surface area contributed by atoms with Gasteiger partial charge in [0.25, 0.3) is 0 Å². The number of carbonyl (C=O) groups is 2. The van der Waals surface area contributed by atoms with Crippen molar-refractivity contribution in [1.29, 1.82) is 0 Å². The zero-order valence-corrected chi connectivity index (χ0v) is 25.7. The smallest absolute Gasteiger partial charge is 0.429 e. The molecule has 0 aromatic heterocycles. The molecule has 11 nitrogen and oxygen atoms in total. The van der Waals surface area contributed by atoms with Gasteiger partial charge in [-0.05, 0) is 61.8 Å². The number of nitrogens with two attached hydrogens (primary N) is 2. The van der Waals surface area contributed by atoms with E-state index in [4.69, 9.17) is 20.3 Å². The standard InChI is InChI=1S/C31H39N5O6S/c1-5-19-36(21-23-11-10-12-25(20-23)29(32)34-30(37)41-22(4)35(6-2)7-3)31(38)42-26-17-15-24(16-18-26)27-13-8-9-14-28(27)43(33,39)40/h8-18,20,22H,5-7,19,21H2,1-4H3,(H2,32,34,37)(H2,33,39,40). The van der Waals surface area contributed by atoms with E-state index >= 15 is 0 Å². The summed E-state index contributed by atoms with van der Waals surface area (Å²) < 4.78 is 35.0. The second-order valence-electron chi connectivity index (χ2n) is 9.76. The minimum atomic E-state index is -3.91. The molecule has 1 unspecified atom stereocenters. The monoisotopic (exact) mass is 609 g/mol. The zero-order valence-electron chi connectivity index (χ0n) is 24.9. The highest BCUT2D eigenvalue weighted by molar-refractivity contribution is 7.89. The molecule has 3 aromatic rings. The summed E-state index contributed by atoms with van der Waals surface area (Å²) in [5, 5.41) is 5.36. The van der Waals surface area contributed by atoms with Crippen LogP contribution in [-0.2, 0) is 21.3 Å². The SMILES string of the molecule is CCCN(Cc1cccc(C(N)=NC(=O)OC(C)N(CC)CC)c1)C(=O)Oc1ccc(-c2ccccc2S(N)(=O)=O)cc1. The first-order chi connectivity index (χ1) is 20.5. The van der Waals surface area contributed by atoms with E-state index in [0.29, 0.717) is 35.4 Å². The highest BCUT2D eigenvalue weighted by Crippen LogP contribution is 2.28. The molecule has 0 saturated heterocycles. The largest absolute Gasteiger partial charge is 0.437 e. The maximum atomic E-state index is 13.1. The molecule has 0 bridgehead atoms. The normalized spacial score (nSPS) is 12.6. The Bertz CT molecular complexity index is 1540. The third kappa shape index (κ3) is 9.37. The Hall–Kier alpha value is -4.26. The van der Waals surface area contributed by atoms with E-state index in [1.165, 1.54) is 6.07 Å². The van der Waals surface area contributed by atoms with Crippen LogP contribution in [0.2, 0.25) is 0 Å². The molecule has 43 heavy (non-hydrogen) atoms. The second kappa shape index (κ2) is 15.3. The number of benzene rings is 3. The van der Waals surface area contributed by atoms with E-state index in [-0.39, 0.29) is 17.3 Å². The number of amidine groups is 1. The number of ether oxygens (including phenoxy) is 2. The quantitative estimate of drug-likeness (QED) is 0.166. The Labute approximate surface area is 253 Å². The van der Waals surface area contributed by atoms with E-state index in [1.54, 1.807) is 72.5 Å². The Kier molecular flexibility index (Phi) is 11.8. The van der Waals surface area contributed by atoms with Crippen LogP contribution in [0.3, 0.4) is 0 Å². The van der Waals surface area contributed by atoms with Crippen LogP contribution >= 0.6 is 0 Å². The highest BCUT2D eigenvalue weighted by atomic mass is 32.2. The molecule has 12 heteroatoms. The molecular weight excluding hydrogens is 570 g/mol. The lowest BCUT2D eigenvalue weighted by Crippen LogP contribution is -2.36. The maximum absolute atomic E-state index is 13.1. The lowest BCUT2D eigenvalue weighted by molar-refractivity contribution is 0.00940. The maximum Gasteiger partial charge on any atom is 0.437 e. The third-order valence-corrected chi connectivity index (χ3v) is 7.69. The number of hydrogen-bond acceptors (Lipinski definition) is 7. The molecule has 0 heterocycles. The number of carbonyl (C=O) groups excluding carboxylic acids is 2. The Morgan fingerprint density at radius 3 is 2.26 bits per heavy atom. The second-order valence-corrected chi connectivity index (χ2v) is 11.3. The van der Waals surface area contributed by atoms with Crippen molar-refractivity contribution in [2.75, 3.05) is 19.6 Å². The average molecular weight is 610 g/mol. The van der Waals surface area contributed by atoms with Gasteiger partial charge in [0.2, 0.25) is 10.0 Å². The molecule has 3 aromatic carbocycles. The number of nitrogens with zero attached hydrogens (tertiary/aromatic N) is 3. The van der Waals surface area contributed by atoms with Crippen LogP contribution in [0.25, 0.3) is 11.1 Å². The fourth-order valence-corrected chi connectivity index (χ4v) is 5.28. The number of aliphatic imine (C=N–C) groups is 1. The van der Waals surface area contributed by atoms with Crippen LogP contribution in [-0.4, -0.2) is 62.1 Å². The number of rotatable bonds is 12. The van der Waals surface area contributed by atoms with E-state index in [1.807, 2.05) is 31.7 Å². The van der Waals surface area contributed by atoms with E-state index < -0.39 is 28.4 Å². The number of hydrogen-bond donors (Lipinski definition) is 2. The van der Waals surface area contributed by atoms with Gasteiger partial charge in [0.05, 0.1) is 4.90 Å². The Balaban J connectivity index is 1.71. The molecule has 3 rings (SSSR count). The summed E-state index contributed by atoms with van der Waals surface area (Å²) in [5.74, 6) is 0.304. The number of amides is 2. The molecule has 0 radical (unpaired) electrons. The fraction of sp³-hybridized carbons (Fsp3) is 0.323. The van der Waals surface area contributed by atoms with Gasteiger partial charge in [-0.2, -0.15) is 4.99 Å². The predicted octanol–water partition coefficient (Wildman–Crippen LogP) is 4.94. The summed E-state index contributed by atoms with van der Waals surface area (Å²) in [6.07, 6.45) is -1.08. The minimum absolute atomic E-state index is 0.00677.